The Kier molecular flexibility index (Phi) is 2.93. The Morgan fingerprint density at radius 1 is 1.47 bits per heavy atom. The zero-order chi connectivity index (χ0) is 12.0. The molecule has 0 aliphatic heterocycles. The zero-order valence-corrected chi connectivity index (χ0v) is 9.69. The molecular weight excluding hydrogens is 277 g/mol. The molecule has 0 heterocycles. The maximum atomic E-state index is 12.2. The van der Waals surface area contributed by atoms with E-state index in [9.17, 15) is 18.0 Å². The highest BCUT2D eigenvalue weighted by atomic mass is 79.9. The lowest BCUT2D eigenvalue weighted by atomic mass is 10.1. The highest BCUT2D eigenvalue weighted by Gasteiger charge is 2.61. The molecule has 1 rings (SSSR count). The van der Waals surface area contributed by atoms with Gasteiger partial charge in [0.05, 0.1) is 10.4 Å². The summed E-state index contributed by atoms with van der Waals surface area (Å²) in [5, 5.41) is 8.75. The number of aliphatic carboxylic acids is 1. The first-order valence-electron chi connectivity index (χ1n) is 4.26. The SMILES string of the molecule is CC1(C)[C@@H](/C=C(\Br)C(F)(F)F)[C@@H]1C(=O)O. The Morgan fingerprint density at radius 2 is 1.93 bits per heavy atom. The predicted octanol–water partition coefficient (Wildman–Crippen LogP) is 3.18. The summed E-state index contributed by atoms with van der Waals surface area (Å²) in [6.07, 6.45) is -3.50. The van der Waals surface area contributed by atoms with Crippen molar-refractivity contribution >= 4 is 21.9 Å². The predicted molar refractivity (Wildman–Crippen MR) is 51.5 cm³/mol. The second-order valence-electron chi connectivity index (χ2n) is 4.18. The number of alkyl halides is 3. The van der Waals surface area contributed by atoms with Gasteiger partial charge in [-0.2, -0.15) is 13.2 Å². The monoisotopic (exact) mass is 286 g/mol. The number of hydrogen-bond donors (Lipinski definition) is 1. The fourth-order valence-corrected chi connectivity index (χ4v) is 2.00. The van der Waals surface area contributed by atoms with E-state index in [1.165, 1.54) is 0 Å². The molecule has 0 amide bonds. The minimum absolute atomic E-state index is 0.564. The lowest BCUT2D eigenvalue weighted by Crippen LogP contribution is -2.07. The van der Waals surface area contributed by atoms with Gasteiger partial charge < -0.3 is 5.11 Å². The zero-order valence-electron chi connectivity index (χ0n) is 8.10. The van der Waals surface area contributed by atoms with Gasteiger partial charge in [-0.05, 0) is 27.3 Å². The van der Waals surface area contributed by atoms with Crippen LogP contribution >= 0.6 is 15.9 Å². The Labute approximate surface area is 93.3 Å². The number of carbonyl (C=O) groups is 1. The third-order valence-electron chi connectivity index (χ3n) is 2.77. The second-order valence-corrected chi connectivity index (χ2v) is 5.03. The molecule has 1 aliphatic carbocycles. The molecule has 0 spiro atoms. The van der Waals surface area contributed by atoms with Gasteiger partial charge in [0.15, 0.2) is 0 Å². The Hall–Kier alpha value is -0.520. The van der Waals surface area contributed by atoms with Crippen LogP contribution in [0.4, 0.5) is 13.2 Å². The summed E-state index contributed by atoms with van der Waals surface area (Å²) in [5.74, 6) is -2.35. The summed E-state index contributed by atoms with van der Waals surface area (Å²) in [7, 11) is 0. The van der Waals surface area contributed by atoms with Gasteiger partial charge in [0.25, 0.3) is 0 Å². The first-order chi connectivity index (χ1) is 6.58. The van der Waals surface area contributed by atoms with Crippen molar-refractivity contribution in [3.8, 4) is 0 Å². The van der Waals surface area contributed by atoms with Gasteiger partial charge in [-0.15, -0.1) is 0 Å². The molecule has 0 aromatic carbocycles. The molecule has 0 saturated heterocycles. The molecule has 15 heavy (non-hydrogen) atoms. The smallest absolute Gasteiger partial charge is 0.422 e. The lowest BCUT2D eigenvalue weighted by Gasteiger charge is -2.04. The van der Waals surface area contributed by atoms with E-state index < -0.39 is 33.9 Å². The maximum Gasteiger partial charge on any atom is 0.422 e. The van der Waals surface area contributed by atoms with Crippen molar-refractivity contribution in [2.24, 2.45) is 17.3 Å². The number of rotatable bonds is 2. The van der Waals surface area contributed by atoms with Gasteiger partial charge in [0, 0.05) is 0 Å². The Balaban J connectivity index is 2.83. The minimum Gasteiger partial charge on any atom is -0.481 e. The van der Waals surface area contributed by atoms with E-state index in [4.69, 9.17) is 5.11 Å². The molecule has 1 fully saturated rings. The molecule has 0 aromatic heterocycles. The van der Waals surface area contributed by atoms with Crippen molar-refractivity contribution in [2.45, 2.75) is 20.0 Å². The van der Waals surface area contributed by atoms with Gasteiger partial charge >= 0.3 is 12.1 Å². The second kappa shape index (κ2) is 3.50. The number of carboxylic acid groups (broad SMARTS) is 1. The molecule has 0 unspecified atom stereocenters. The molecule has 0 radical (unpaired) electrons. The third kappa shape index (κ3) is 2.35. The molecule has 1 N–H and O–H groups in total. The first-order valence-corrected chi connectivity index (χ1v) is 5.05. The third-order valence-corrected chi connectivity index (χ3v) is 3.49. The van der Waals surface area contributed by atoms with Crippen LogP contribution in [-0.2, 0) is 4.79 Å². The standard InChI is InChI=1S/C9H10BrF3O2/c1-8(2)4(6(8)7(14)15)3-5(10)9(11,12)13/h3-4,6H,1-2H3,(H,14,15)/b5-3-/t4-,6+/m0/s1. The van der Waals surface area contributed by atoms with Crippen molar-refractivity contribution in [2.75, 3.05) is 0 Å². The topological polar surface area (TPSA) is 37.3 Å². The van der Waals surface area contributed by atoms with Gasteiger partial charge in [-0.1, -0.05) is 19.9 Å². The van der Waals surface area contributed by atoms with Gasteiger partial charge in [0.2, 0.25) is 0 Å². The first kappa shape index (κ1) is 12.5. The van der Waals surface area contributed by atoms with Crippen LogP contribution in [0.15, 0.2) is 10.6 Å². The summed E-state index contributed by atoms with van der Waals surface area (Å²) in [6, 6.07) is 0. The maximum absolute atomic E-state index is 12.2. The average molecular weight is 287 g/mol. The molecule has 6 heteroatoms. The molecule has 2 nitrogen and oxygen atoms in total. The lowest BCUT2D eigenvalue weighted by molar-refractivity contribution is -0.139. The van der Waals surface area contributed by atoms with Crippen LogP contribution in [0.1, 0.15) is 13.8 Å². The van der Waals surface area contributed by atoms with Crippen LogP contribution in [-0.4, -0.2) is 17.3 Å². The van der Waals surface area contributed by atoms with Gasteiger partial charge in [-0.3, -0.25) is 4.79 Å². The number of allylic oxidation sites excluding steroid dienone is 2. The van der Waals surface area contributed by atoms with E-state index in [-0.39, 0.29) is 0 Å². The molecular formula is C9H10BrF3O2. The van der Waals surface area contributed by atoms with Crippen LogP contribution in [0.25, 0.3) is 0 Å². The summed E-state index contributed by atoms with van der Waals surface area (Å²) in [4.78, 5) is 10.7. The van der Waals surface area contributed by atoms with Gasteiger partial charge in [-0.25, -0.2) is 0 Å². The van der Waals surface area contributed by atoms with E-state index in [0.29, 0.717) is 0 Å². The minimum atomic E-state index is -4.44. The average Bonchev–Trinajstić information content (AvgIpc) is 2.50. The van der Waals surface area contributed by atoms with Crippen LogP contribution in [0.3, 0.4) is 0 Å². The van der Waals surface area contributed by atoms with Crippen molar-refractivity contribution in [1.82, 2.24) is 0 Å². The van der Waals surface area contributed by atoms with Crippen molar-refractivity contribution in [1.29, 1.82) is 0 Å². The van der Waals surface area contributed by atoms with Crippen molar-refractivity contribution in [3.05, 3.63) is 10.6 Å². The van der Waals surface area contributed by atoms with E-state index in [1.807, 2.05) is 0 Å². The molecule has 2 atom stereocenters. The Bertz CT molecular complexity index is 320. The summed E-state index contributed by atoms with van der Waals surface area (Å²) >= 11 is 2.41. The molecule has 1 aliphatic rings. The van der Waals surface area contributed by atoms with Crippen LogP contribution in [0.2, 0.25) is 0 Å². The van der Waals surface area contributed by atoms with Crippen LogP contribution in [0.5, 0.6) is 0 Å². The van der Waals surface area contributed by atoms with Crippen molar-refractivity contribution in [3.63, 3.8) is 0 Å². The number of hydrogen-bond acceptors (Lipinski definition) is 1. The summed E-state index contributed by atoms with van der Waals surface area (Å²) in [6.45, 7) is 3.28. The highest BCUT2D eigenvalue weighted by Crippen LogP contribution is 2.60. The Morgan fingerprint density at radius 3 is 2.20 bits per heavy atom. The fourth-order valence-electron chi connectivity index (χ4n) is 1.71. The van der Waals surface area contributed by atoms with Crippen LogP contribution < -0.4 is 0 Å². The highest BCUT2D eigenvalue weighted by molar-refractivity contribution is 9.11. The molecule has 0 bridgehead atoms. The van der Waals surface area contributed by atoms with Gasteiger partial charge in [0.1, 0.15) is 0 Å². The van der Waals surface area contributed by atoms with E-state index in [2.05, 4.69) is 15.9 Å². The molecule has 0 aromatic rings. The van der Waals surface area contributed by atoms with Crippen molar-refractivity contribution < 1.29 is 23.1 Å². The van der Waals surface area contributed by atoms with E-state index in [0.717, 1.165) is 6.08 Å². The molecule has 1 saturated carbocycles. The van der Waals surface area contributed by atoms with Crippen LogP contribution in [0, 0.1) is 17.3 Å². The fraction of sp³-hybridized carbons (Fsp3) is 0.667. The quantitative estimate of drug-likeness (QED) is 0.847. The summed E-state index contributed by atoms with van der Waals surface area (Å²) < 4.78 is 35.6. The molecule has 86 valence electrons. The normalized spacial score (nSPS) is 30.1. The van der Waals surface area contributed by atoms with E-state index in [1.54, 1.807) is 13.8 Å². The largest absolute Gasteiger partial charge is 0.481 e. The van der Waals surface area contributed by atoms with E-state index >= 15 is 0 Å². The number of halogens is 4. The number of carboxylic acids is 1. The summed E-state index contributed by atoms with van der Waals surface area (Å²) in [5.41, 5.74) is -0.601.